The lowest BCUT2D eigenvalue weighted by Gasteiger charge is -2.24. The molecule has 1 aromatic rings. The van der Waals surface area contributed by atoms with Crippen LogP contribution in [0.5, 0.6) is 0 Å². The van der Waals surface area contributed by atoms with Gasteiger partial charge in [-0.2, -0.15) is 0 Å². The SMILES string of the molecule is CCC(C)C(N)C(=O)NC1CCOC1c1ccccc1. The molecular formula is C16H24N2O2. The molecule has 4 unspecified atom stereocenters. The average Bonchev–Trinajstić information content (AvgIpc) is 2.94. The van der Waals surface area contributed by atoms with Gasteiger partial charge in [-0.05, 0) is 17.9 Å². The monoisotopic (exact) mass is 276 g/mol. The van der Waals surface area contributed by atoms with Gasteiger partial charge in [0.05, 0.1) is 12.1 Å². The van der Waals surface area contributed by atoms with Crippen molar-refractivity contribution in [2.24, 2.45) is 11.7 Å². The Labute approximate surface area is 120 Å². The van der Waals surface area contributed by atoms with E-state index in [2.05, 4.69) is 5.32 Å². The molecule has 0 radical (unpaired) electrons. The number of carbonyl (C=O) groups excluding carboxylic acids is 1. The number of hydrogen-bond acceptors (Lipinski definition) is 3. The first-order valence-corrected chi connectivity index (χ1v) is 7.36. The Morgan fingerprint density at radius 2 is 2.15 bits per heavy atom. The second-order valence-corrected chi connectivity index (χ2v) is 5.52. The number of ether oxygens (including phenoxy) is 1. The van der Waals surface area contributed by atoms with Crippen LogP contribution in [0.15, 0.2) is 30.3 Å². The van der Waals surface area contributed by atoms with Crippen molar-refractivity contribution in [2.45, 2.75) is 44.9 Å². The fourth-order valence-electron chi connectivity index (χ4n) is 2.50. The first-order valence-electron chi connectivity index (χ1n) is 7.36. The minimum Gasteiger partial charge on any atom is -0.371 e. The zero-order chi connectivity index (χ0) is 14.5. The molecule has 1 saturated heterocycles. The van der Waals surface area contributed by atoms with Gasteiger partial charge in [0.25, 0.3) is 0 Å². The van der Waals surface area contributed by atoms with Gasteiger partial charge in [-0.15, -0.1) is 0 Å². The third kappa shape index (κ3) is 3.38. The number of rotatable bonds is 5. The highest BCUT2D eigenvalue weighted by Gasteiger charge is 2.32. The van der Waals surface area contributed by atoms with Gasteiger partial charge in [-0.1, -0.05) is 50.6 Å². The van der Waals surface area contributed by atoms with Crippen LogP contribution >= 0.6 is 0 Å². The minimum atomic E-state index is -0.447. The van der Waals surface area contributed by atoms with E-state index >= 15 is 0 Å². The largest absolute Gasteiger partial charge is 0.371 e. The number of benzene rings is 1. The van der Waals surface area contributed by atoms with Crippen molar-refractivity contribution in [1.82, 2.24) is 5.32 Å². The van der Waals surface area contributed by atoms with Crippen LogP contribution in [0, 0.1) is 5.92 Å². The van der Waals surface area contributed by atoms with Crippen molar-refractivity contribution in [1.29, 1.82) is 0 Å². The predicted molar refractivity (Wildman–Crippen MR) is 79.1 cm³/mol. The molecule has 1 aliphatic heterocycles. The van der Waals surface area contributed by atoms with Crippen LogP contribution in [0.3, 0.4) is 0 Å². The van der Waals surface area contributed by atoms with Gasteiger partial charge in [0.1, 0.15) is 6.10 Å². The molecule has 1 fully saturated rings. The molecule has 4 heteroatoms. The van der Waals surface area contributed by atoms with Crippen LogP contribution in [0.25, 0.3) is 0 Å². The Hall–Kier alpha value is -1.39. The number of amides is 1. The van der Waals surface area contributed by atoms with Gasteiger partial charge >= 0.3 is 0 Å². The van der Waals surface area contributed by atoms with E-state index in [4.69, 9.17) is 10.5 Å². The van der Waals surface area contributed by atoms with Crippen LogP contribution in [-0.4, -0.2) is 24.6 Å². The first-order chi connectivity index (χ1) is 9.63. The summed E-state index contributed by atoms with van der Waals surface area (Å²) in [5.74, 6) is 0.114. The van der Waals surface area contributed by atoms with Crippen molar-refractivity contribution in [3.63, 3.8) is 0 Å². The summed E-state index contributed by atoms with van der Waals surface area (Å²) < 4.78 is 5.76. The maximum absolute atomic E-state index is 12.2. The van der Waals surface area contributed by atoms with Gasteiger partial charge in [-0.25, -0.2) is 0 Å². The summed E-state index contributed by atoms with van der Waals surface area (Å²) in [7, 11) is 0. The summed E-state index contributed by atoms with van der Waals surface area (Å²) in [6, 6.07) is 9.58. The van der Waals surface area contributed by atoms with Crippen molar-refractivity contribution in [2.75, 3.05) is 6.61 Å². The summed E-state index contributed by atoms with van der Waals surface area (Å²) in [6.07, 6.45) is 1.67. The molecule has 20 heavy (non-hydrogen) atoms. The smallest absolute Gasteiger partial charge is 0.237 e. The van der Waals surface area contributed by atoms with Crippen molar-refractivity contribution in [3.8, 4) is 0 Å². The molecule has 0 spiro atoms. The zero-order valence-electron chi connectivity index (χ0n) is 12.2. The highest BCUT2D eigenvalue weighted by Crippen LogP contribution is 2.29. The number of hydrogen-bond donors (Lipinski definition) is 2. The Bertz CT molecular complexity index is 435. The van der Waals surface area contributed by atoms with Crippen LogP contribution in [0.1, 0.15) is 38.4 Å². The topological polar surface area (TPSA) is 64.4 Å². The summed E-state index contributed by atoms with van der Waals surface area (Å²) in [6.45, 7) is 4.72. The molecule has 2 rings (SSSR count). The van der Waals surface area contributed by atoms with E-state index < -0.39 is 6.04 Å². The predicted octanol–water partition coefficient (Wildman–Crippen LogP) is 2.01. The maximum Gasteiger partial charge on any atom is 0.237 e. The molecule has 1 aliphatic rings. The molecule has 0 aromatic heterocycles. The van der Waals surface area contributed by atoms with E-state index in [0.717, 1.165) is 18.4 Å². The van der Waals surface area contributed by atoms with Gasteiger partial charge in [0, 0.05) is 6.61 Å². The lowest BCUT2D eigenvalue weighted by Crippen LogP contribution is -2.49. The lowest BCUT2D eigenvalue weighted by molar-refractivity contribution is -0.124. The Morgan fingerprint density at radius 3 is 2.80 bits per heavy atom. The molecule has 0 aliphatic carbocycles. The maximum atomic E-state index is 12.2. The minimum absolute atomic E-state index is 0.0139. The van der Waals surface area contributed by atoms with Crippen LogP contribution in [0.2, 0.25) is 0 Å². The Morgan fingerprint density at radius 1 is 1.45 bits per heavy atom. The molecule has 1 aromatic carbocycles. The van der Waals surface area contributed by atoms with Crippen LogP contribution < -0.4 is 11.1 Å². The Kier molecular flexibility index (Phi) is 5.15. The van der Waals surface area contributed by atoms with Gasteiger partial charge in [-0.3, -0.25) is 4.79 Å². The number of nitrogens with two attached hydrogens (primary N) is 1. The first kappa shape index (κ1) is 15.0. The molecule has 1 heterocycles. The molecule has 110 valence electrons. The average molecular weight is 276 g/mol. The fraction of sp³-hybridized carbons (Fsp3) is 0.562. The number of carbonyl (C=O) groups is 1. The lowest BCUT2D eigenvalue weighted by atomic mass is 9.97. The fourth-order valence-corrected chi connectivity index (χ4v) is 2.50. The summed E-state index contributed by atoms with van der Waals surface area (Å²) in [5.41, 5.74) is 7.08. The second-order valence-electron chi connectivity index (χ2n) is 5.52. The van der Waals surface area contributed by atoms with E-state index in [1.54, 1.807) is 0 Å². The van der Waals surface area contributed by atoms with Gasteiger partial charge in [0.2, 0.25) is 5.91 Å². The molecule has 0 saturated carbocycles. The highest BCUT2D eigenvalue weighted by atomic mass is 16.5. The van der Waals surface area contributed by atoms with Crippen LogP contribution in [-0.2, 0) is 9.53 Å². The molecule has 3 N–H and O–H groups in total. The van der Waals surface area contributed by atoms with Crippen molar-refractivity contribution in [3.05, 3.63) is 35.9 Å². The number of nitrogens with one attached hydrogen (secondary N) is 1. The second kappa shape index (κ2) is 6.86. The standard InChI is InChI=1S/C16H24N2O2/c1-3-11(2)14(17)16(19)18-13-9-10-20-15(13)12-7-5-4-6-8-12/h4-8,11,13-15H,3,9-10,17H2,1-2H3,(H,18,19). The van der Waals surface area contributed by atoms with E-state index in [1.807, 2.05) is 44.2 Å². The van der Waals surface area contributed by atoms with E-state index in [9.17, 15) is 4.79 Å². The third-order valence-corrected chi connectivity index (χ3v) is 4.11. The normalized spacial score (nSPS) is 25.1. The van der Waals surface area contributed by atoms with E-state index in [1.165, 1.54) is 0 Å². The summed E-state index contributed by atoms with van der Waals surface area (Å²) in [4.78, 5) is 12.2. The van der Waals surface area contributed by atoms with E-state index in [0.29, 0.717) is 6.61 Å². The van der Waals surface area contributed by atoms with E-state index in [-0.39, 0.29) is 24.0 Å². The van der Waals surface area contributed by atoms with Gasteiger partial charge < -0.3 is 15.8 Å². The van der Waals surface area contributed by atoms with Gasteiger partial charge in [0.15, 0.2) is 0 Å². The van der Waals surface area contributed by atoms with Crippen molar-refractivity contribution < 1.29 is 9.53 Å². The van der Waals surface area contributed by atoms with Crippen LogP contribution in [0.4, 0.5) is 0 Å². The summed E-state index contributed by atoms with van der Waals surface area (Å²) in [5, 5.41) is 3.05. The highest BCUT2D eigenvalue weighted by molar-refractivity contribution is 5.82. The quantitative estimate of drug-likeness (QED) is 0.864. The third-order valence-electron chi connectivity index (χ3n) is 4.11. The molecule has 4 nitrogen and oxygen atoms in total. The summed E-state index contributed by atoms with van der Waals surface area (Å²) >= 11 is 0. The Balaban J connectivity index is 2.00. The molecular weight excluding hydrogens is 252 g/mol. The van der Waals surface area contributed by atoms with Crippen molar-refractivity contribution >= 4 is 5.91 Å². The molecule has 1 amide bonds. The molecule has 0 bridgehead atoms. The molecule has 4 atom stereocenters. The zero-order valence-corrected chi connectivity index (χ0v) is 12.2.